The summed E-state index contributed by atoms with van der Waals surface area (Å²) < 4.78 is 5.25. The predicted molar refractivity (Wildman–Crippen MR) is 44.4 cm³/mol. The Labute approximate surface area is 68.6 Å². The van der Waals surface area contributed by atoms with Crippen molar-refractivity contribution < 1.29 is 9.84 Å². The molecule has 2 nitrogen and oxygen atoms in total. The van der Waals surface area contributed by atoms with Gasteiger partial charge in [0, 0.05) is 19.8 Å². The van der Waals surface area contributed by atoms with Crippen LogP contribution in [0.3, 0.4) is 0 Å². The topological polar surface area (TPSA) is 29.5 Å². The monoisotopic (exact) mass is 158 g/mol. The molecule has 0 aromatic carbocycles. The number of rotatable bonds is 3. The summed E-state index contributed by atoms with van der Waals surface area (Å²) in [6, 6.07) is 0. The van der Waals surface area contributed by atoms with E-state index in [1.165, 1.54) is 19.3 Å². The van der Waals surface area contributed by atoms with Crippen molar-refractivity contribution in [3.05, 3.63) is 0 Å². The number of hydrogen-bond acceptors (Lipinski definition) is 2. The number of aliphatic hydroxyl groups is 1. The van der Waals surface area contributed by atoms with Crippen molar-refractivity contribution in [1.82, 2.24) is 0 Å². The predicted octanol–water partition coefficient (Wildman–Crippen LogP) is 1.43. The van der Waals surface area contributed by atoms with E-state index in [0.29, 0.717) is 12.5 Å². The smallest absolute Gasteiger partial charge is 0.0468 e. The lowest BCUT2D eigenvalue weighted by Crippen LogP contribution is -2.18. The van der Waals surface area contributed by atoms with E-state index in [2.05, 4.69) is 6.92 Å². The van der Waals surface area contributed by atoms with Gasteiger partial charge in [0.25, 0.3) is 0 Å². The fourth-order valence-corrected chi connectivity index (χ4v) is 1.63. The van der Waals surface area contributed by atoms with Crippen LogP contribution in [0.4, 0.5) is 0 Å². The molecular formula is C9H18O2. The van der Waals surface area contributed by atoms with Crippen LogP contribution in [0, 0.1) is 11.8 Å². The lowest BCUT2D eigenvalue weighted by molar-refractivity contribution is 0.0555. The van der Waals surface area contributed by atoms with Gasteiger partial charge in [-0.2, -0.15) is 0 Å². The third-order valence-electron chi connectivity index (χ3n) is 2.39. The molecule has 1 aliphatic rings. The average Bonchev–Trinajstić information content (AvgIpc) is 2.06. The first-order valence-electron chi connectivity index (χ1n) is 4.51. The lowest BCUT2D eigenvalue weighted by atomic mass is 9.90. The molecule has 0 aromatic heterocycles. The molecule has 1 atom stereocenters. The Morgan fingerprint density at radius 1 is 1.45 bits per heavy atom. The van der Waals surface area contributed by atoms with E-state index in [0.717, 1.165) is 19.1 Å². The summed E-state index contributed by atoms with van der Waals surface area (Å²) in [5.74, 6) is 1.27. The van der Waals surface area contributed by atoms with Crippen LogP contribution in [0.1, 0.15) is 26.2 Å². The molecule has 1 aliphatic heterocycles. The van der Waals surface area contributed by atoms with Gasteiger partial charge in [-0.15, -0.1) is 0 Å². The van der Waals surface area contributed by atoms with Crippen LogP contribution in [0.2, 0.25) is 0 Å². The zero-order valence-electron chi connectivity index (χ0n) is 7.25. The minimum absolute atomic E-state index is 0.331. The van der Waals surface area contributed by atoms with E-state index in [9.17, 15) is 0 Å². The first kappa shape index (κ1) is 9.01. The molecule has 0 spiro atoms. The van der Waals surface area contributed by atoms with Crippen LogP contribution in [0.5, 0.6) is 0 Å². The van der Waals surface area contributed by atoms with Crippen molar-refractivity contribution in [3.8, 4) is 0 Å². The Balaban J connectivity index is 2.13. The highest BCUT2D eigenvalue weighted by Gasteiger charge is 2.15. The van der Waals surface area contributed by atoms with Gasteiger partial charge in [0.15, 0.2) is 0 Å². The van der Waals surface area contributed by atoms with Crippen molar-refractivity contribution in [1.29, 1.82) is 0 Å². The zero-order valence-corrected chi connectivity index (χ0v) is 7.25. The molecule has 0 radical (unpaired) electrons. The van der Waals surface area contributed by atoms with Gasteiger partial charge in [0.2, 0.25) is 0 Å². The Bertz CT molecular complexity index is 97.7. The second-order valence-corrected chi connectivity index (χ2v) is 3.58. The maximum Gasteiger partial charge on any atom is 0.0468 e. The van der Waals surface area contributed by atoms with E-state index >= 15 is 0 Å². The largest absolute Gasteiger partial charge is 0.396 e. The molecule has 0 amide bonds. The highest BCUT2D eigenvalue weighted by molar-refractivity contribution is 4.66. The minimum atomic E-state index is 0.331. The fourth-order valence-electron chi connectivity index (χ4n) is 1.63. The number of aliphatic hydroxyl groups excluding tert-OH is 1. The van der Waals surface area contributed by atoms with Gasteiger partial charge in [-0.25, -0.2) is 0 Å². The molecule has 11 heavy (non-hydrogen) atoms. The first-order valence-corrected chi connectivity index (χ1v) is 4.51. The average molecular weight is 158 g/mol. The molecule has 0 aliphatic carbocycles. The lowest BCUT2D eigenvalue weighted by Gasteiger charge is -2.23. The van der Waals surface area contributed by atoms with E-state index in [1.807, 2.05) is 0 Å². The van der Waals surface area contributed by atoms with Crippen molar-refractivity contribution in [3.63, 3.8) is 0 Å². The fraction of sp³-hybridized carbons (Fsp3) is 1.00. The van der Waals surface area contributed by atoms with Gasteiger partial charge in [-0.1, -0.05) is 6.92 Å². The van der Waals surface area contributed by atoms with Crippen molar-refractivity contribution in [2.24, 2.45) is 11.8 Å². The normalized spacial score (nSPS) is 23.5. The van der Waals surface area contributed by atoms with Crippen molar-refractivity contribution in [2.45, 2.75) is 26.2 Å². The summed E-state index contributed by atoms with van der Waals surface area (Å²) in [5.41, 5.74) is 0. The summed E-state index contributed by atoms with van der Waals surface area (Å²) >= 11 is 0. The third-order valence-corrected chi connectivity index (χ3v) is 2.39. The SMILES string of the molecule is C[C@@H](CO)CC1CCOCC1. The van der Waals surface area contributed by atoms with Gasteiger partial charge in [-0.05, 0) is 31.1 Å². The number of ether oxygens (including phenoxy) is 1. The molecule has 2 heteroatoms. The van der Waals surface area contributed by atoms with E-state index in [-0.39, 0.29) is 0 Å². The Morgan fingerprint density at radius 2 is 2.09 bits per heavy atom. The van der Waals surface area contributed by atoms with Crippen LogP contribution >= 0.6 is 0 Å². The Hall–Kier alpha value is -0.0800. The van der Waals surface area contributed by atoms with E-state index in [1.54, 1.807) is 0 Å². The molecule has 1 fully saturated rings. The van der Waals surface area contributed by atoms with Crippen LogP contribution in [-0.2, 0) is 4.74 Å². The minimum Gasteiger partial charge on any atom is -0.396 e. The Morgan fingerprint density at radius 3 is 2.64 bits per heavy atom. The van der Waals surface area contributed by atoms with Crippen molar-refractivity contribution >= 4 is 0 Å². The molecule has 66 valence electrons. The molecule has 1 saturated heterocycles. The maximum absolute atomic E-state index is 8.83. The van der Waals surface area contributed by atoms with Gasteiger partial charge < -0.3 is 9.84 Å². The zero-order chi connectivity index (χ0) is 8.10. The molecule has 1 N–H and O–H groups in total. The molecular weight excluding hydrogens is 140 g/mol. The second-order valence-electron chi connectivity index (χ2n) is 3.58. The van der Waals surface area contributed by atoms with Gasteiger partial charge in [0.1, 0.15) is 0 Å². The molecule has 0 aromatic rings. The summed E-state index contributed by atoms with van der Waals surface area (Å²) in [6.07, 6.45) is 3.54. The van der Waals surface area contributed by atoms with Gasteiger partial charge >= 0.3 is 0 Å². The number of hydrogen-bond donors (Lipinski definition) is 1. The van der Waals surface area contributed by atoms with Crippen LogP contribution in [0.15, 0.2) is 0 Å². The summed E-state index contributed by atoms with van der Waals surface area (Å²) in [7, 11) is 0. The maximum atomic E-state index is 8.83. The second kappa shape index (κ2) is 4.73. The third kappa shape index (κ3) is 3.21. The van der Waals surface area contributed by atoms with Crippen LogP contribution in [0.25, 0.3) is 0 Å². The van der Waals surface area contributed by atoms with E-state index < -0.39 is 0 Å². The van der Waals surface area contributed by atoms with Crippen LogP contribution < -0.4 is 0 Å². The van der Waals surface area contributed by atoms with Gasteiger partial charge in [0.05, 0.1) is 0 Å². The quantitative estimate of drug-likeness (QED) is 0.673. The van der Waals surface area contributed by atoms with Gasteiger partial charge in [-0.3, -0.25) is 0 Å². The molecule has 1 rings (SSSR count). The standard InChI is InChI=1S/C9H18O2/c1-8(7-10)6-9-2-4-11-5-3-9/h8-10H,2-7H2,1H3/t8-/m1/s1. The Kier molecular flexibility index (Phi) is 3.87. The molecule has 0 unspecified atom stereocenters. The summed E-state index contributed by atoms with van der Waals surface area (Å²) in [6.45, 7) is 4.28. The van der Waals surface area contributed by atoms with Crippen LogP contribution in [-0.4, -0.2) is 24.9 Å². The first-order chi connectivity index (χ1) is 5.33. The van der Waals surface area contributed by atoms with E-state index in [4.69, 9.17) is 9.84 Å². The molecule has 1 heterocycles. The molecule has 0 saturated carbocycles. The highest BCUT2D eigenvalue weighted by atomic mass is 16.5. The summed E-state index contributed by atoms with van der Waals surface area (Å²) in [4.78, 5) is 0. The highest BCUT2D eigenvalue weighted by Crippen LogP contribution is 2.22. The molecule has 0 bridgehead atoms. The summed E-state index contributed by atoms with van der Waals surface area (Å²) in [5, 5.41) is 8.83. The van der Waals surface area contributed by atoms with Crippen molar-refractivity contribution in [2.75, 3.05) is 19.8 Å².